The third kappa shape index (κ3) is 5.40. The minimum Gasteiger partial charge on any atom is -0.460 e. The number of furan rings is 1. The van der Waals surface area contributed by atoms with Gasteiger partial charge >= 0.3 is 25.0 Å². The van der Waals surface area contributed by atoms with Crippen molar-refractivity contribution in [1.29, 1.82) is 5.39 Å². The van der Waals surface area contributed by atoms with Gasteiger partial charge in [-0.05, 0) is 26.3 Å². The molecule has 1 aliphatic rings. The first-order valence-corrected chi connectivity index (χ1v) is 8.99. The summed E-state index contributed by atoms with van der Waals surface area (Å²) in [4.78, 5) is 29.3. The molecule has 13 heteroatoms. The SMILES string of the molecule is CCOC(=O)c1oc2ccc([N+]#N)c3c2c1CN(C(=O)OCC)CC3.F[B-](F)(F)F. The lowest BCUT2D eigenvalue weighted by molar-refractivity contribution is 0.0487. The largest absolute Gasteiger partial charge is 0.673 e. The van der Waals surface area contributed by atoms with E-state index in [1.54, 1.807) is 26.0 Å². The van der Waals surface area contributed by atoms with Crippen LogP contribution in [0.5, 0.6) is 0 Å². The van der Waals surface area contributed by atoms with Crippen LogP contribution in [-0.2, 0) is 22.4 Å². The van der Waals surface area contributed by atoms with E-state index in [9.17, 15) is 32.2 Å². The second-order valence-electron chi connectivity index (χ2n) is 6.03. The molecule has 0 fully saturated rings. The van der Waals surface area contributed by atoms with Crippen molar-refractivity contribution in [3.63, 3.8) is 0 Å². The van der Waals surface area contributed by atoms with E-state index in [1.165, 1.54) is 4.90 Å². The maximum Gasteiger partial charge on any atom is 0.673 e. The standard InChI is InChI=1S/C17H18N3O5.BF4/c1-3-23-16(21)15-11-9-20(17(22)24-4-2)8-7-10-12(19-18)5-6-13(25-15)14(10)11;2-1(3,4)5/h5-6H,3-4,7-9H2,1-2H3;/q+1;-1. The average Bonchev–Trinajstić information content (AvgIpc) is 2.89. The molecule has 0 N–H and O–H groups in total. The molecule has 162 valence electrons. The number of hydrogen-bond acceptors (Lipinski definition) is 6. The average molecular weight is 431 g/mol. The van der Waals surface area contributed by atoms with E-state index < -0.39 is 19.3 Å². The summed E-state index contributed by atoms with van der Waals surface area (Å²) in [6, 6.07) is 3.25. The quantitative estimate of drug-likeness (QED) is 0.297. The highest BCUT2D eigenvalue weighted by atomic mass is 19.5. The van der Waals surface area contributed by atoms with Crippen LogP contribution >= 0.6 is 0 Å². The summed E-state index contributed by atoms with van der Waals surface area (Å²) in [5.41, 5.74) is 2.14. The van der Waals surface area contributed by atoms with Gasteiger partial charge in [-0.1, -0.05) is 0 Å². The molecular formula is C17H18BF4N3O5. The maximum atomic E-state index is 12.3. The third-order valence-electron chi connectivity index (χ3n) is 4.11. The normalized spacial score (nSPS) is 13.0. The van der Waals surface area contributed by atoms with E-state index >= 15 is 0 Å². The molecule has 0 saturated heterocycles. The molecule has 0 unspecified atom stereocenters. The number of amides is 1. The second-order valence-corrected chi connectivity index (χ2v) is 6.03. The van der Waals surface area contributed by atoms with Crippen molar-refractivity contribution in [1.82, 2.24) is 4.90 Å². The van der Waals surface area contributed by atoms with Gasteiger partial charge in [0.2, 0.25) is 11.2 Å². The maximum absolute atomic E-state index is 12.3. The second kappa shape index (κ2) is 9.47. The molecule has 2 aromatic rings. The molecule has 1 aliphatic heterocycles. The van der Waals surface area contributed by atoms with E-state index in [0.29, 0.717) is 35.2 Å². The molecule has 0 saturated carbocycles. The van der Waals surface area contributed by atoms with Gasteiger partial charge in [-0.3, -0.25) is 0 Å². The van der Waals surface area contributed by atoms with Crippen molar-refractivity contribution in [2.24, 2.45) is 0 Å². The lowest BCUT2D eigenvalue weighted by atomic mass is 10.0. The Morgan fingerprint density at radius 2 is 1.80 bits per heavy atom. The number of carbonyl (C=O) groups is 2. The Kier molecular flexibility index (Phi) is 7.26. The molecular weight excluding hydrogens is 413 g/mol. The van der Waals surface area contributed by atoms with Gasteiger partial charge in [-0.25, -0.2) is 9.59 Å². The van der Waals surface area contributed by atoms with Gasteiger partial charge < -0.3 is 36.1 Å². The summed E-state index contributed by atoms with van der Waals surface area (Å²) in [6.07, 6.45) is -0.0217. The fraction of sp³-hybridized carbons (Fsp3) is 0.412. The molecule has 2 heterocycles. The molecule has 0 bridgehead atoms. The molecule has 3 rings (SSSR count). The number of nitrogens with zero attached hydrogens (tertiary/aromatic N) is 3. The summed E-state index contributed by atoms with van der Waals surface area (Å²) in [7, 11) is -6.00. The number of halogens is 4. The van der Waals surface area contributed by atoms with E-state index in [0.717, 1.165) is 5.56 Å². The molecule has 1 aromatic heterocycles. The van der Waals surface area contributed by atoms with Crippen molar-refractivity contribution in [3.05, 3.63) is 34.0 Å². The zero-order valence-electron chi connectivity index (χ0n) is 16.2. The lowest BCUT2D eigenvalue weighted by Gasteiger charge is -2.19. The van der Waals surface area contributed by atoms with Crippen molar-refractivity contribution < 1.29 is 40.7 Å². The Bertz CT molecular complexity index is 980. The number of benzene rings is 1. The van der Waals surface area contributed by atoms with Crippen LogP contribution in [0.2, 0.25) is 0 Å². The summed E-state index contributed by atoms with van der Waals surface area (Å²) in [5.74, 6) is -0.530. The Morgan fingerprint density at radius 3 is 2.37 bits per heavy atom. The Labute approximate surface area is 168 Å². The van der Waals surface area contributed by atoms with Crippen molar-refractivity contribution in [3.8, 4) is 0 Å². The summed E-state index contributed by atoms with van der Waals surface area (Å²) in [5, 5.41) is 9.96. The molecule has 0 spiro atoms. The van der Waals surface area contributed by atoms with Crippen molar-refractivity contribution >= 4 is 36.0 Å². The van der Waals surface area contributed by atoms with Gasteiger partial charge in [0.15, 0.2) is 4.98 Å². The number of diazo groups is 1. The minimum absolute atomic E-state index is 0.0596. The van der Waals surface area contributed by atoms with Gasteiger partial charge in [0.05, 0.1) is 25.3 Å². The topological polar surface area (TPSA) is 97.1 Å². The number of hydrogen-bond donors (Lipinski definition) is 0. The van der Waals surface area contributed by atoms with Crippen LogP contribution in [0.3, 0.4) is 0 Å². The molecule has 0 aliphatic carbocycles. The van der Waals surface area contributed by atoms with E-state index in [2.05, 4.69) is 4.98 Å². The summed E-state index contributed by atoms with van der Waals surface area (Å²) >= 11 is 0. The molecule has 0 atom stereocenters. The molecule has 1 aromatic carbocycles. The highest BCUT2D eigenvalue weighted by Gasteiger charge is 2.33. The molecule has 1 amide bonds. The zero-order valence-corrected chi connectivity index (χ0v) is 16.2. The van der Waals surface area contributed by atoms with Gasteiger partial charge in [-0.15, -0.1) is 0 Å². The zero-order chi connectivity index (χ0) is 22.5. The highest BCUT2D eigenvalue weighted by molar-refractivity contribution is 6.50. The van der Waals surface area contributed by atoms with Gasteiger partial charge in [0, 0.05) is 23.6 Å². The fourth-order valence-corrected chi connectivity index (χ4v) is 3.06. The molecule has 30 heavy (non-hydrogen) atoms. The summed E-state index contributed by atoms with van der Waals surface area (Å²) in [6.45, 7) is 4.43. The smallest absolute Gasteiger partial charge is 0.460 e. The van der Waals surface area contributed by atoms with Gasteiger partial charge in [0.25, 0.3) is 0 Å². The van der Waals surface area contributed by atoms with Crippen LogP contribution in [0.25, 0.3) is 15.9 Å². The number of ether oxygens (including phenoxy) is 2. The summed E-state index contributed by atoms with van der Waals surface area (Å²) < 4.78 is 54.8. The number of carbonyl (C=O) groups excluding carboxylic acids is 2. The monoisotopic (exact) mass is 431 g/mol. The van der Waals surface area contributed by atoms with E-state index in [-0.39, 0.29) is 25.5 Å². The van der Waals surface area contributed by atoms with Crippen LogP contribution in [-0.4, -0.2) is 44.0 Å². The van der Waals surface area contributed by atoms with Crippen LogP contribution in [0, 0.1) is 5.39 Å². The van der Waals surface area contributed by atoms with E-state index in [1.807, 2.05) is 0 Å². The predicted octanol–water partition coefficient (Wildman–Crippen LogP) is 4.91. The molecule has 0 radical (unpaired) electrons. The Balaban J connectivity index is 0.000000575. The van der Waals surface area contributed by atoms with Crippen molar-refractivity contribution in [2.45, 2.75) is 26.8 Å². The predicted molar refractivity (Wildman–Crippen MR) is 98.2 cm³/mol. The van der Waals surface area contributed by atoms with E-state index in [4.69, 9.17) is 13.9 Å². The van der Waals surface area contributed by atoms with Crippen LogP contribution in [0.1, 0.15) is 35.5 Å². The van der Waals surface area contributed by atoms with Gasteiger partial charge in [0.1, 0.15) is 5.58 Å². The first-order chi connectivity index (χ1) is 14.1. The first kappa shape index (κ1) is 23.0. The van der Waals surface area contributed by atoms with Crippen LogP contribution in [0.4, 0.5) is 27.7 Å². The Hall–Kier alpha value is -3.30. The third-order valence-corrected chi connectivity index (χ3v) is 4.11. The van der Waals surface area contributed by atoms with Crippen LogP contribution in [0.15, 0.2) is 16.5 Å². The Morgan fingerprint density at radius 1 is 1.17 bits per heavy atom. The minimum atomic E-state index is -6.00. The van der Waals surface area contributed by atoms with Gasteiger partial charge in [-0.2, -0.15) is 0 Å². The number of rotatable bonds is 3. The van der Waals surface area contributed by atoms with Crippen molar-refractivity contribution in [2.75, 3.05) is 19.8 Å². The molecule has 8 nitrogen and oxygen atoms in total. The van der Waals surface area contributed by atoms with Crippen LogP contribution < -0.4 is 0 Å². The first-order valence-electron chi connectivity index (χ1n) is 8.99. The highest BCUT2D eigenvalue weighted by Crippen LogP contribution is 2.38. The lowest BCUT2D eigenvalue weighted by Crippen LogP contribution is -2.32. The number of esters is 1. The fourth-order valence-electron chi connectivity index (χ4n) is 3.06.